The van der Waals surface area contributed by atoms with Crippen LogP contribution in [0, 0.1) is 13.8 Å². The molecule has 0 radical (unpaired) electrons. The lowest BCUT2D eigenvalue weighted by Gasteiger charge is -2.28. The summed E-state index contributed by atoms with van der Waals surface area (Å²) in [4.78, 5) is 12.6. The lowest BCUT2D eigenvalue weighted by Crippen LogP contribution is -2.27. The van der Waals surface area contributed by atoms with Gasteiger partial charge in [0.2, 0.25) is 0 Å². The summed E-state index contributed by atoms with van der Waals surface area (Å²) in [6, 6.07) is 38.7. The fraction of sp³-hybridized carbons (Fsp3) is 0.111. The molecule has 0 saturated carbocycles. The van der Waals surface area contributed by atoms with Crippen LogP contribution in [0.2, 0.25) is 0 Å². The van der Waals surface area contributed by atoms with Crippen LogP contribution in [-0.4, -0.2) is 19.4 Å². The number of nitrogens with zero attached hydrogens (tertiary/aromatic N) is 2. The maximum Gasteiger partial charge on any atom is 0.180 e. The number of aryl methyl sites for hydroxylation is 2. The zero-order valence-electron chi connectivity index (χ0n) is 23.8. The molecule has 1 aliphatic rings. The SMILES string of the molecule is Cc1sc(-c2ccccc2)nc1C1=C(c2nc(-c3ccccc3)sc2C)[C@@](O)(c2ccccc2)c2ccccc21.ClC(Cl)Cl. The third kappa shape index (κ3) is 5.77. The Balaban J connectivity index is 0.000000810. The van der Waals surface area contributed by atoms with E-state index in [2.05, 4.69) is 44.2 Å². The molecule has 1 N–H and O–H groups in total. The standard InChI is InChI=1S/C35H26N2OS2.CHCl3/c1-22-31(36-33(39-22)24-14-6-3-7-15-24)29-27-20-12-13-21-28(27)35(38,26-18-10-5-11-19-26)30(29)32-23(2)40-34(37-32)25-16-8-4-9-17-25;2-1(3)4/h3-21,38H,1-2H3;1H/t35-;/m1./s1. The molecule has 2 heterocycles. The van der Waals surface area contributed by atoms with Gasteiger partial charge >= 0.3 is 0 Å². The second-order valence-electron chi connectivity index (χ2n) is 10.2. The molecule has 2 aromatic heterocycles. The van der Waals surface area contributed by atoms with Gasteiger partial charge < -0.3 is 5.11 Å². The number of hydrogen-bond donors (Lipinski definition) is 1. The van der Waals surface area contributed by atoms with E-state index in [0.717, 1.165) is 70.1 Å². The zero-order chi connectivity index (χ0) is 30.8. The van der Waals surface area contributed by atoms with Gasteiger partial charge in [-0.15, -0.1) is 22.7 Å². The van der Waals surface area contributed by atoms with Crippen LogP contribution in [0.25, 0.3) is 32.3 Å². The summed E-state index contributed by atoms with van der Waals surface area (Å²) in [6.07, 6.45) is 0. The van der Waals surface area contributed by atoms with Crippen molar-refractivity contribution in [2.45, 2.75) is 23.7 Å². The van der Waals surface area contributed by atoms with Crippen molar-refractivity contribution in [3.63, 3.8) is 0 Å². The smallest absolute Gasteiger partial charge is 0.180 e. The third-order valence-corrected chi connectivity index (χ3v) is 9.54. The maximum atomic E-state index is 13.0. The van der Waals surface area contributed by atoms with Crippen LogP contribution < -0.4 is 0 Å². The van der Waals surface area contributed by atoms with Gasteiger partial charge in [0.25, 0.3) is 0 Å². The first kappa shape index (κ1) is 30.7. The van der Waals surface area contributed by atoms with Gasteiger partial charge in [-0.2, -0.15) is 0 Å². The van der Waals surface area contributed by atoms with Gasteiger partial charge in [0, 0.05) is 37.6 Å². The highest BCUT2D eigenvalue weighted by Gasteiger charge is 2.48. The molecule has 220 valence electrons. The molecule has 7 rings (SSSR count). The Morgan fingerprint density at radius 3 is 1.59 bits per heavy atom. The molecule has 0 unspecified atom stereocenters. The third-order valence-electron chi connectivity index (χ3n) is 7.50. The molecule has 8 heteroatoms. The topological polar surface area (TPSA) is 46.0 Å². The highest BCUT2D eigenvalue weighted by Crippen LogP contribution is 2.56. The molecule has 0 bridgehead atoms. The lowest BCUT2D eigenvalue weighted by atomic mass is 9.81. The Bertz CT molecular complexity index is 1930. The predicted molar refractivity (Wildman–Crippen MR) is 188 cm³/mol. The fourth-order valence-electron chi connectivity index (χ4n) is 5.65. The van der Waals surface area contributed by atoms with Crippen molar-refractivity contribution in [1.82, 2.24) is 9.97 Å². The maximum absolute atomic E-state index is 13.0. The van der Waals surface area contributed by atoms with Gasteiger partial charge in [-0.1, -0.05) is 150 Å². The first-order valence-electron chi connectivity index (χ1n) is 13.9. The van der Waals surface area contributed by atoms with Crippen LogP contribution in [0.5, 0.6) is 0 Å². The molecule has 6 aromatic rings. The van der Waals surface area contributed by atoms with Crippen LogP contribution in [0.4, 0.5) is 0 Å². The molecule has 1 aliphatic carbocycles. The van der Waals surface area contributed by atoms with Crippen LogP contribution >= 0.6 is 57.5 Å². The molecule has 4 aromatic carbocycles. The van der Waals surface area contributed by atoms with Gasteiger partial charge in [0.1, 0.15) is 15.6 Å². The fourth-order valence-corrected chi connectivity index (χ4v) is 7.50. The van der Waals surface area contributed by atoms with E-state index in [9.17, 15) is 5.11 Å². The summed E-state index contributed by atoms with van der Waals surface area (Å²) in [5, 5.41) is 14.9. The van der Waals surface area contributed by atoms with Crippen LogP contribution in [0.1, 0.15) is 37.8 Å². The average molecular weight is 674 g/mol. The largest absolute Gasteiger partial charge is 0.376 e. The van der Waals surface area contributed by atoms with Crippen molar-refractivity contribution in [2.75, 3.05) is 0 Å². The number of aromatic nitrogens is 2. The van der Waals surface area contributed by atoms with Gasteiger partial charge in [0.15, 0.2) is 4.30 Å². The number of rotatable bonds is 5. The Morgan fingerprint density at radius 1 is 0.614 bits per heavy atom. The van der Waals surface area contributed by atoms with Gasteiger partial charge in [-0.3, -0.25) is 0 Å². The number of fused-ring (bicyclic) bond motifs is 1. The summed E-state index contributed by atoms with van der Waals surface area (Å²) in [5.41, 5.74) is 6.89. The Hall–Kier alpha value is -3.29. The molecule has 44 heavy (non-hydrogen) atoms. The second kappa shape index (κ2) is 13.0. The monoisotopic (exact) mass is 672 g/mol. The molecule has 3 nitrogen and oxygen atoms in total. The number of hydrogen-bond acceptors (Lipinski definition) is 5. The predicted octanol–water partition coefficient (Wildman–Crippen LogP) is 10.7. The minimum Gasteiger partial charge on any atom is -0.376 e. The normalized spacial score (nSPS) is 15.7. The quantitative estimate of drug-likeness (QED) is 0.185. The summed E-state index contributed by atoms with van der Waals surface area (Å²) in [6.45, 7) is 4.22. The number of benzene rings is 4. The molecular weight excluding hydrogens is 647 g/mol. The molecule has 0 saturated heterocycles. The Labute approximate surface area is 280 Å². The molecule has 0 amide bonds. The average Bonchev–Trinajstić information content (AvgIpc) is 3.69. The van der Waals surface area contributed by atoms with Crippen LogP contribution in [0.15, 0.2) is 115 Å². The van der Waals surface area contributed by atoms with Crippen molar-refractivity contribution in [2.24, 2.45) is 0 Å². The number of thiazole rings is 2. The summed E-state index contributed by atoms with van der Waals surface area (Å²) < 4.78 is -0.750. The van der Waals surface area contributed by atoms with Gasteiger partial charge in [0.05, 0.1) is 11.4 Å². The van der Waals surface area contributed by atoms with E-state index in [1.165, 1.54) is 0 Å². The van der Waals surface area contributed by atoms with Crippen molar-refractivity contribution < 1.29 is 5.11 Å². The number of alkyl halides is 3. The molecule has 0 fully saturated rings. The molecule has 0 spiro atoms. The first-order valence-corrected chi connectivity index (χ1v) is 16.8. The molecule has 0 aliphatic heterocycles. The highest BCUT2D eigenvalue weighted by atomic mass is 35.6. The first-order chi connectivity index (χ1) is 21.3. The second-order valence-corrected chi connectivity index (χ2v) is 14.6. The van der Waals surface area contributed by atoms with Crippen LogP contribution in [0.3, 0.4) is 0 Å². The van der Waals surface area contributed by atoms with E-state index in [4.69, 9.17) is 44.8 Å². The van der Waals surface area contributed by atoms with Crippen LogP contribution in [-0.2, 0) is 5.60 Å². The van der Waals surface area contributed by atoms with Crippen molar-refractivity contribution in [3.8, 4) is 21.1 Å². The molecular formula is C36H27Cl3N2OS2. The highest BCUT2D eigenvalue weighted by molar-refractivity contribution is 7.15. The van der Waals surface area contributed by atoms with Crippen molar-refractivity contribution in [1.29, 1.82) is 0 Å². The van der Waals surface area contributed by atoms with E-state index in [1.807, 2.05) is 84.9 Å². The summed E-state index contributed by atoms with van der Waals surface area (Å²) in [5.74, 6) is 0. The molecule has 1 atom stereocenters. The minimum atomic E-state index is -1.39. The van der Waals surface area contributed by atoms with Crippen molar-refractivity contribution >= 4 is 68.6 Å². The lowest BCUT2D eigenvalue weighted by molar-refractivity contribution is 0.148. The number of aliphatic hydroxyl groups is 1. The zero-order valence-corrected chi connectivity index (χ0v) is 27.7. The van der Waals surface area contributed by atoms with E-state index < -0.39 is 9.90 Å². The summed E-state index contributed by atoms with van der Waals surface area (Å²) >= 11 is 17.8. The number of halogens is 3. The van der Waals surface area contributed by atoms with E-state index in [0.29, 0.717) is 0 Å². The Kier molecular flexibility index (Phi) is 9.06. The summed E-state index contributed by atoms with van der Waals surface area (Å²) in [7, 11) is 0. The Morgan fingerprint density at radius 2 is 1.05 bits per heavy atom. The van der Waals surface area contributed by atoms with E-state index >= 15 is 0 Å². The van der Waals surface area contributed by atoms with Gasteiger partial charge in [-0.25, -0.2) is 9.97 Å². The minimum absolute atomic E-state index is 0.750. The van der Waals surface area contributed by atoms with Crippen molar-refractivity contribution in [3.05, 3.63) is 153 Å². The van der Waals surface area contributed by atoms with E-state index in [1.54, 1.807) is 22.7 Å². The van der Waals surface area contributed by atoms with E-state index in [-0.39, 0.29) is 0 Å². The van der Waals surface area contributed by atoms with Gasteiger partial charge in [-0.05, 0) is 25.0 Å².